The van der Waals surface area contributed by atoms with Crippen LogP contribution in [0.1, 0.15) is 54.4 Å². The smallest absolute Gasteiger partial charge is 0.334 e. The van der Waals surface area contributed by atoms with Gasteiger partial charge in [-0.05, 0) is 52.2 Å². The van der Waals surface area contributed by atoms with E-state index in [4.69, 9.17) is 14.2 Å². The first kappa shape index (κ1) is 24.0. The minimum absolute atomic E-state index is 0.204. The Bertz CT molecular complexity index is 953. The van der Waals surface area contributed by atoms with Crippen molar-refractivity contribution in [2.75, 3.05) is 0 Å². The molecule has 32 heavy (non-hydrogen) atoms. The first-order chi connectivity index (χ1) is 15.0. The molecular weight excluding hydrogens is 412 g/mol. The lowest BCUT2D eigenvalue weighted by molar-refractivity contribution is -0.158. The largest absolute Gasteiger partial charge is 0.458 e. The van der Waals surface area contributed by atoms with Crippen LogP contribution in [-0.2, 0) is 28.6 Å². The van der Waals surface area contributed by atoms with Crippen molar-refractivity contribution < 1.29 is 33.7 Å². The van der Waals surface area contributed by atoms with Crippen molar-refractivity contribution in [2.24, 2.45) is 11.3 Å². The van der Waals surface area contributed by atoms with Crippen molar-refractivity contribution in [3.8, 4) is 0 Å². The maximum atomic E-state index is 12.7. The molecule has 2 fully saturated rings. The molecule has 3 rings (SSSR count). The second-order valence-corrected chi connectivity index (χ2v) is 9.13. The van der Waals surface area contributed by atoms with E-state index in [0.717, 1.165) is 5.57 Å². The van der Waals surface area contributed by atoms with Crippen LogP contribution in [0.4, 0.5) is 0 Å². The van der Waals surface area contributed by atoms with E-state index >= 15 is 0 Å². The molecule has 0 aromatic carbocycles. The van der Waals surface area contributed by atoms with Gasteiger partial charge in [-0.2, -0.15) is 0 Å². The number of carbonyl (C=O) groups excluding carboxylic acids is 3. The molecule has 0 radical (unpaired) electrons. The van der Waals surface area contributed by atoms with Crippen LogP contribution in [-0.4, -0.2) is 47.4 Å². The average Bonchev–Trinajstić information content (AvgIpc) is 3.03. The molecule has 1 heterocycles. The fraction of sp³-hybridized carbons (Fsp3) is 0.560. The Labute approximate surface area is 188 Å². The lowest BCUT2D eigenvalue weighted by Crippen LogP contribution is -2.55. The number of esters is 3. The van der Waals surface area contributed by atoms with Crippen LogP contribution in [0, 0.1) is 11.3 Å². The zero-order valence-corrected chi connectivity index (χ0v) is 19.6. The lowest BCUT2D eigenvalue weighted by atomic mass is 9.57. The monoisotopic (exact) mass is 444 g/mol. The highest BCUT2D eigenvalue weighted by molar-refractivity contribution is 5.92. The van der Waals surface area contributed by atoms with Crippen molar-refractivity contribution in [1.29, 1.82) is 0 Å². The van der Waals surface area contributed by atoms with Gasteiger partial charge in [-0.1, -0.05) is 25.7 Å². The number of fused-ring (bicyclic) bond motifs is 2. The van der Waals surface area contributed by atoms with Gasteiger partial charge in [-0.3, -0.25) is 0 Å². The Kier molecular flexibility index (Phi) is 6.52. The van der Waals surface area contributed by atoms with Gasteiger partial charge in [0, 0.05) is 28.6 Å². The predicted molar refractivity (Wildman–Crippen MR) is 117 cm³/mol. The Balaban J connectivity index is 2.12. The average molecular weight is 445 g/mol. The molecule has 7 heteroatoms. The summed E-state index contributed by atoms with van der Waals surface area (Å²) in [4.78, 5) is 37.5. The van der Waals surface area contributed by atoms with Crippen molar-refractivity contribution >= 4 is 17.9 Å². The third-order valence-corrected chi connectivity index (χ3v) is 7.25. The molecule has 7 nitrogen and oxygen atoms in total. The molecule has 6 unspecified atom stereocenters. The van der Waals surface area contributed by atoms with E-state index in [9.17, 15) is 19.5 Å². The summed E-state index contributed by atoms with van der Waals surface area (Å²) in [6.07, 6.45) is 0.892. The summed E-state index contributed by atoms with van der Waals surface area (Å²) in [5.41, 5.74) is 1.70. The van der Waals surface area contributed by atoms with E-state index in [1.54, 1.807) is 39.8 Å². The number of aliphatic hydroxyl groups excluding tert-OH is 1. The fourth-order valence-electron chi connectivity index (χ4n) is 4.96. The van der Waals surface area contributed by atoms with Crippen molar-refractivity contribution in [3.05, 3.63) is 46.6 Å². The number of rotatable bonds is 4. The van der Waals surface area contributed by atoms with Gasteiger partial charge >= 0.3 is 17.9 Å². The quantitative estimate of drug-likeness (QED) is 0.307. The molecule has 6 atom stereocenters. The lowest BCUT2D eigenvalue weighted by Gasteiger charge is -2.52. The number of hydrogen-bond acceptors (Lipinski definition) is 7. The van der Waals surface area contributed by atoms with Crippen LogP contribution < -0.4 is 0 Å². The van der Waals surface area contributed by atoms with E-state index in [0.29, 0.717) is 23.1 Å². The van der Waals surface area contributed by atoms with E-state index in [2.05, 4.69) is 6.58 Å². The van der Waals surface area contributed by atoms with E-state index < -0.39 is 53.7 Å². The van der Waals surface area contributed by atoms with Gasteiger partial charge in [-0.15, -0.1) is 0 Å². The third kappa shape index (κ3) is 3.83. The molecule has 3 aliphatic rings. The molecule has 0 amide bonds. The van der Waals surface area contributed by atoms with Crippen molar-refractivity contribution in [2.45, 2.75) is 78.8 Å². The number of hydrogen-bond donors (Lipinski definition) is 1. The molecule has 174 valence electrons. The van der Waals surface area contributed by atoms with E-state index in [1.807, 2.05) is 13.8 Å². The Hall–Kier alpha value is -2.67. The molecule has 1 saturated carbocycles. The van der Waals surface area contributed by atoms with Gasteiger partial charge < -0.3 is 19.3 Å². The molecule has 1 saturated heterocycles. The minimum atomic E-state index is -0.887. The summed E-state index contributed by atoms with van der Waals surface area (Å²) in [7, 11) is 0. The van der Waals surface area contributed by atoms with Gasteiger partial charge in [0.15, 0.2) is 0 Å². The minimum Gasteiger partial charge on any atom is -0.458 e. The molecule has 2 aliphatic carbocycles. The first-order valence-electron chi connectivity index (χ1n) is 10.9. The SMILES string of the molecule is C=C1C(=O)OC2CC3(C)C(=C(C)C(OC(=O)C(C)=CC)CC3O)C(OC(=O)C(C)=CC)C12. The molecule has 1 aliphatic heterocycles. The summed E-state index contributed by atoms with van der Waals surface area (Å²) in [5.74, 6) is -2.08. The Morgan fingerprint density at radius 1 is 1.16 bits per heavy atom. The Morgan fingerprint density at radius 3 is 2.28 bits per heavy atom. The van der Waals surface area contributed by atoms with Crippen LogP contribution >= 0.6 is 0 Å². The first-order valence-corrected chi connectivity index (χ1v) is 10.9. The van der Waals surface area contributed by atoms with Gasteiger partial charge in [0.1, 0.15) is 18.3 Å². The number of ether oxygens (including phenoxy) is 3. The van der Waals surface area contributed by atoms with Gasteiger partial charge in [0.05, 0.1) is 12.0 Å². The zero-order valence-electron chi connectivity index (χ0n) is 19.6. The topological polar surface area (TPSA) is 99.1 Å². The summed E-state index contributed by atoms with van der Waals surface area (Å²) >= 11 is 0. The summed E-state index contributed by atoms with van der Waals surface area (Å²) in [6.45, 7) is 14.4. The number of allylic oxidation sites excluding steroid dienone is 2. The Morgan fingerprint density at radius 2 is 1.72 bits per heavy atom. The molecule has 0 aromatic heterocycles. The molecule has 1 N–H and O–H groups in total. The van der Waals surface area contributed by atoms with Crippen molar-refractivity contribution in [3.63, 3.8) is 0 Å². The van der Waals surface area contributed by atoms with Crippen molar-refractivity contribution in [1.82, 2.24) is 0 Å². The molecule has 0 spiro atoms. The van der Waals surface area contributed by atoms with Gasteiger partial charge in [0.25, 0.3) is 0 Å². The van der Waals surface area contributed by atoms with E-state index in [-0.39, 0.29) is 12.0 Å². The maximum Gasteiger partial charge on any atom is 0.334 e. The second-order valence-electron chi connectivity index (χ2n) is 9.13. The maximum absolute atomic E-state index is 12.7. The number of carbonyl (C=O) groups is 3. The fourth-order valence-corrected chi connectivity index (χ4v) is 4.96. The third-order valence-electron chi connectivity index (χ3n) is 7.25. The molecule has 0 aromatic rings. The van der Waals surface area contributed by atoms with Crippen LogP contribution in [0.25, 0.3) is 0 Å². The second kappa shape index (κ2) is 8.70. The summed E-state index contributed by atoms with van der Waals surface area (Å²) in [6, 6.07) is 0. The predicted octanol–water partition coefficient (Wildman–Crippen LogP) is 3.33. The van der Waals surface area contributed by atoms with Crippen LogP contribution in [0.5, 0.6) is 0 Å². The standard InChI is InChI=1S/C25H32O7/c1-8-12(3)22(27)30-16-10-18(26)25(7)11-17-19(15(6)24(29)31-17)21(20(25)14(16)5)32-23(28)13(4)9-2/h8-9,16-19,21,26H,6,10-11H2,1-5,7H3. The molecule has 0 bridgehead atoms. The molecular formula is C25H32O7. The van der Waals surface area contributed by atoms with Gasteiger partial charge in [-0.25, -0.2) is 14.4 Å². The van der Waals surface area contributed by atoms with Crippen LogP contribution in [0.3, 0.4) is 0 Å². The summed E-state index contributed by atoms with van der Waals surface area (Å²) < 4.78 is 17.2. The zero-order chi connectivity index (χ0) is 24.0. The number of aliphatic hydroxyl groups is 1. The van der Waals surface area contributed by atoms with Gasteiger partial charge in [0.2, 0.25) is 0 Å². The van der Waals surface area contributed by atoms with E-state index in [1.165, 1.54) is 0 Å². The summed E-state index contributed by atoms with van der Waals surface area (Å²) in [5, 5.41) is 11.2. The highest BCUT2D eigenvalue weighted by atomic mass is 16.6. The highest BCUT2D eigenvalue weighted by Crippen LogP contribution is 2.56. The highest BCUT2D eigenvalue weighted by Gasteiger charge is 2.60. The van der Waals surface area contributed by atoms with Crippen LogP contribution in [0.2, 0.25) is 0 Å². The normalized spacial score (nSPS) is 35.2. The van der Waals surface area contributed by atoms with Crippen LogP contribution in [0.15, 0.2) is 46.6 Å².